The first-order valence-corrected chi connectivity index (χ1v) is 10.1. The van der Waals surface area contributed by atoms with Crippen LogP contribution in [0.2, 0.25) is 0 Å². The predicted molar refractivity (Wildman–Crippen MR) is 98.5 cm³/mol. The van der Waals surface area contributed by atoms with Crippen molar-refractivity contribution in [3.63, 3.8) is 0 Å². The molecular formula is C18H17NO4S2. The van der Waals surface area contributed by atoms with Crippen LogP contribution >= 0.6 is 11.8 Å². The van der Waals surface area contributed by atoms with E-state index in [1.54, 1.807) is 32.4 Å². The summed E-state index contributed by atoms with van der Waals surface area (Å²) in [5.41, 5.74) is 0.611. The van der Waals surface area contributed by atoms with Gasteiger partial charge in [-0.1, -0.05) is 11.8 Å². The van der Waals surface area contributed by atoms with E-state index in [9.17, 15) is 8.42 Å². The molecule has 1 aromatic heterocycles. The third-order valence-corrected chi connectivity index (χ3v) is 5.76. The molecule has 0 N–H and O–H groups in total. The molecular weight excluding hydrogens is 358 g/mol. The first-order valence-electron chi connectivity index (χ1n) is 7.42. The largest absolute Gasteiger partial charge is 0.497 e. The molecule has 0 saturated heterocycles. The first kappa shape index (κ1) is 17.6. The summed E-state index contributed by atoms with van der Waals surface area (Å²) in [7, 11) is -0.118. The molecule has 0 aliphatic rings. The first-order chi connectivity index (χ1) is 11.9. The highest BCUT2D eigenvalue weighted by Crippen LogP contribution is 2.40. The number of hydrogen-bond acceptors (Lipinski definition) is 6. The third kappa shape index (κ3) is 3.72. The van der Waals surface area contributed by atoms with Gasteiger partial charge in [-0.2, -0.15) is 0 Å². The van der Waals surface area contributed by atoms with Gasteiger partial charge in [-0.25, -0.2) is 13.4 Å². The maximum absolute atomic E-state index is 11.7. The van der Waals surface area contributed by atoms with E-state index in [2.05, 4.69) is 4.98 Å². The lowest BCUT2D eigenvalue weighted by Crippen LogP contribution is -2.00. The van der Waals surface area contributed by atoms with Crippen molar-refractivity contribution in [3.05, 3.63) is 48.5 Å². The van der Waals surface area contributed by atoms with Crippen molar-refractivity contribution in [1.29, 1.82) is 0 Å². The summed E-state index contributed by atoms with van der Waals surface area (Å²) in [5.74, 6) is 1.50. The number of methoxy groups -OCH3 is 2. The maximum atomic E-state index is 11.7. The quantitative estimate of drug-likeness (QED) is 0.676. The van der Waals surface area contributed by atoms with Crippen LogP contribution < -0.4 is 9.47 Å². The summed E-state index contributed by atoms with van der Waals surface area (Å²) in [6.07, 6.45) is 1.15. The summed E-state index contributed by atoms with van der Waals surface area (Å²) in [6.45, 7) is 0. The number of nitrogens with zero attached hydrogens (tertiary/aromatic N) is 1. The third-order valence-electron chi connectivity index (χ3n) is 3.64. The van der Waals surface area contributed by atoms with Gasteiger partial charge in [0.1, 0.15) is 11.5 Å². The molecule has 3 rings (SSSR count). The van der Waals surface area contributed by atoms with Crippen LogP contribution in [0, 0.1) is 0 Å². The summed E-state index contributed by atoms with van der Waals surface area (Å²) >= 11 is 1.53. The van der Waals surface area contributed by atoms with Gasteiger partial charge < -0.3 is 9.47 Å². The van der Waals surface area contributed by atoms with Gasteiger partial charge in [0, 0.05) is 16.5 Å². The fraction of sp³-hybridized carbons (Fsp3) is 0.167. The molecule has 0 unspecified atom stereocenters. The van der Waals surface area contributed by atoms with E-state index in [-0.39, 0.29) is 5.03 Å². The Morgan fingerprint density at radius 3 is 2.24 bits per heavy atom. The number of sulfone groups is 1. The van der Waals surface area contributed by atoms with Crippen molar-refractivity contribution in [2.24, 2.45) is 0 Å². The van der Waals surface area contributed by atoms with Crippen LogP contribution in [-0.4, -0.2) is 33.9 Å². The summed E-state index contributed by atoms with van der Waals surface area (Å²) in [5, 5.41) is 0.901. The van der Waals surface area contributed by atoms with Crippen molar-refractivity contribution in [2.45, 2.75) is 14.8 Å². The molecule has 7 heteroatoms. The number of ether oxygens (including phenoxy) is 2. The summed E-state index contributed by atoms with van der Waals surface area (Å²) in [6, 6.07) is 14.6. The molecule has 5 nitrogen and oxygen atoms in total. The highest BCUT2D eigenvalue weighted by atomic mass is 32.2. The minimum absolute atomic E-state index is 0.0607. The van der Waals surface area contributed by atoms with Crippen molar-refractivity contribution < 1.29 is 17.9 Å². The average molecular weight is 375 g/mol. The lowest BCUT2D eigenvalue weighted by Gasteiger charge is -2.12. The number of hydrogen-bond donors (Lipinski definition) is 0. The van der Waals surface area contributed by atoms with Gasteiger partial charge in [-0.3, -0.25) is 0 Å². The SMILES string of the molecule is COc1ccc(Sc2c(OC)ccc3nc(S(C)(=O)=O)ccc23)cc1. The van der Waals surface area contributed by atoms with Crippen molar-refractivity contribution in [2.75, 3.05) is 20.5 Å². The molecule has 130 valence electrons. The van der Waals surface area contributed by atoms with Crippen LogP contribution in [0.4, 0.5) is 0 Å². The van der Waals surface area contributed by atoms with E-state index in [0.29, 0.717) is 11.3 Å². The van der Waals surface area contributed by atoms with Gasteiger partial charge in [0.05, 0.1) is 24.6 Å². The Morgan fingerprint density at radius 2 is 1.64 bits per heavy atom. The molecule has 2 aromatic carbocycles. The molecule has 0 aliphatic heterocycles. The lowest BCUT2D eigenvalue weighted by molar-refractivity contribution is 0.406. The predicted octanol–water partition coefficient (Wildman–Crippen LogP) is 3.81. The number of benzene rings is 2. The van der Waals surface area contributed by atoms with Crippen molar-refractivity contribution >= 4 is 32.5 Å². The smallest absolute Gasteiger partial charge is 0.192 e. The number of aromatic nitrogens is 1. The summed E-state index contributed by atoms with van der Waals surface area (Å²) in [4.78, 5) is 6.17. The Balaban J connectivity index is 2.10. The molecule has 0 spiro atoms. The standard InChI is InChI=1S/C18H17NO4S2/c1-22-12-4-6-13(7-5-12)24-18-14-8-11-17(25(3,20)21)19-15(14)9-10-16(18)23-2/h4-11H,1-3H3. The van der Waals surface area contributed by atoms with Crippen LogP contribution in [0.25, 0.3) is 10.9 Å². The fourth-order valence-electron chi connectivity index (χ4n) is 2.37. The normalized spacial score (nSPS) is 11.5. The molecule has 0 amide bonds. The van der Waals surface area contributed by atoms with Crippen LogP contribution in [0.3, 0.4) is 0 Å². The zero-order valence-corrected chi connectivity index (χ0v) is 15.6. The topological polar surface area (TPSA) is 65.5 Å². The molecule has 0 radical (unpaired) electrons. The van der Waals surface area contributed by atoms with Crippen LogP contribution in [-0.2, 0) is 9.84 Å². The van der Waals surface area contributed by atoms with E-state index in [1.807, 2.05) is 24.3 Å². The van der Waals surface area contributed by atoms with E-state index >= 15 is 0 Å². The second kappa shape index (κ2) is 6.93. The molecule has 25 heavy (non-hydrogen) atoms. The second-order valence-electron chi connectivity index (χ2n) is 5.36. The highest BCUT2D eigenvalue weighted by Gasteiger charge is 2.15. The number of pyridine rings is 1. The molecule has 0 aliphatic carbocycles. The zero-order chi connectivity index (χ0) is 18.0. The van der Waals surface area contributed by atoms with E-state index in [1.165, 1.54) is 17.8 Å². The van der Waals surface area contributed by atoms with Gasteiger partial charge in [0.2, 0.25) is 0 Å². The lowest BCUT2D eigenvalue weighted by atomic mass is 10.2. The Morgan fingerprint density at radius 1 is 0.920 bits per heavy atom. The van der Waals surface area contributed by atoms with Gasteiger partial charge in [0.25, 0.3) is 0 Å². The molecule has 0 fully saturated rings. The molecule has 0 bridgehead atoms. The van der Waals surface area contributed by atoms with Crippen LogP contribution in [0.1, 0.15) is 0 Å². The van der Waals surface area contributed by atoms with E-state index < -0.39 is 9.84 Å². The number of fused-ring (bicyclic) bond motifs is 1. The minimum atomic E-state index is -3.35. The average Bonchev–Trinajstić information content (AvgIpc) is 2.61. The zero-order valence-electron chi connectivity index (χ0n) is 14.0. The van der Waals surface area contributed by atoms with Gasteiger partial charge in [-0.05, 0) is 48.5 Å². The second-order valence-corrected chi connectivity index (χ2v) is 8.41. The minimum Gasteiger partial charge on any atom is -0.497 e. The van der Waals surface area contributed by atoms with E-state index in [4.69, 9.17) is 9.47 Å². The molecule has 3 aromatic rings. The number of rotatable bonds is 5. The Hall–Kier alpha value is -2.25. The Kier molecular flexibility index (Phi) is 4.87. The highest BCUT2D eigenvalue weighted by molar-refractivity contribution is 7.99. The van der Waals surface area contributed by atoms with Crippen molar-refractivity contribution in [3.8, 4) is 11.5 Å². The van der Waals surface area contributed by atoms with E-state index in [0.717, 1.165) is 27.2 Å². The van der Waals surface area contributed by atoms with Crippen LogP contribution in [0.5, 0.6) is 11.5 Å². The molecule has 1 heterocycles. The van der Waals surface area contributed by atoms with Crippen LogP contribution in [0.15, 0.2) is 63.3 Å². The molecule has 0 saturated carbocycles. The van der Waals surface area contributed by atoms with Gasteiger partial charge in [0.15, 0.2) is 14.9 Å². The molecule has 0 atom stereocenters. The van der Waals surface area contributed by atoms with Gasteiger partial charge >= 0.3 is 0 Å². The Labute approximate surface area is 150 Å². The van der Waals surface area contributed by atoms with Crippen molar-refractivity contribution in [1.82, 2.24) is 4.98 Å². The maximum Gasteiger partial charge on any atom is 0.192 e. The van der Waals surface area contributed by atoms with Gasteiger partial charge in [-0.15, -0.1) is 0 Å². The fourth-order valence-corrected chi connectivity index (χ4v) is 3.99. The summed E-state index contributed by atoms with van der Waals surface area (Å²) < 4.78 is 34.1. The monoisotopic (exact) mass is 375 g/mol. The Bertz CT molecular complexity index is 1020.